The highest BCUT2D eigenvalue weighted by atomic mass is 35.5. The van der Waals surface area contributed by atoms with Crippen molar-refractivity contribution in [3.63, 3.8) is 0 Å². The predicted octanol–water partition coefficient (Wildman–Crippen LogP) is 5.18. The van der Waals surface area contributed by atoms with Crippen molar-refractivity contribution < 1.29 is 28.8 Å². The summed E-state index contributed by atoms with van der Waals surface area (Å²) in [5.41, 5.74) is 1.34. The maximum absolute atomic E-state index is 12.3. The number of aromatic carboxylic acids is 1. The molecule has 0 saturated carbocycles. The number of anilines is 1. The van der Waals surface area contributed by atoms with Gasteiger partial charge in [0.2, 0.25) is 5.91 Å². The molecule has 1 aromatic heterocycles. The number of non-ortho nitro benzene ring substituents is 1. The van der Waals surface area contributed by atoms with Crippen LogP contribution < -0.4 is 10.1 Å². The number of hydrogen-bond acceptors (Lipinski definition) is 6. The Morgan fingerprint density at radius 2 is 1.97 bits per heavy atom. The smallest absolute Gasteiger partial charge is 0.335 e. The lowest BCUT2D eigenvalue weighted by Gasteiger charge is -2.11. The van der Waals surface area contributed by atoms with E-state index in [1.54, 1.807) is 25.1 Å². The van der Waals surface area contributed by atoms with Crippen LogP contribution in [0.2, 0.25) is 5.02 Å². The molecule has 3 aromatic rings. The van der Waals surface area contributed by atoms with E-state index in [1.807, 2.05) is 0 Å². The van der Waals surface area contributed by atoms with E-state index in [0.717, 1.165) is 0 Å². The topological polar surface area (TPSA) is 132 Å². The number of carbonyl (C=O) groups is 2. The van der Waals surface area contributed by atoms with Gasteiger partial charge in [-0.25, -0.2) is 4.79 Å². The molecule has 0 unspecified atom stereocenters. The molecule has 0 bridgehead atoms. The Kier molecular flexibility index (Phi) is 6.60. The lowest BCUT2D eigenvalue weighted by Crippen LogP contribution is -2.10. The third kappa shape index (κ3) is 4.96. The lowest BCUT2D eigenvalue weighted by atomic mass is 10.1. The zero-order chi connectivity index (χ0) is 23.4. The van der Waals surface area contributed by atoms with Crippen LogP contribution in [0.25, 0.3) is 17.4 Å². The van der Waals surface area contributed by atoms with Gasteiger partial charge in [0.1, 0.15) is 11.5 Å². The van der Waals surface area contributed by atoms with Gasteiger partial charge in [0, 0.05) is 23.8 Å². The van der Waals surface area contributed by atoms with Gasteiger partial charge < -0.3 is 19.6 Å². The summed E-state index contributed by atoms with van der Waals surface area (Å²) in [5.74, 6) is -0.777. The molecule has 0 aliphatic rings. The fourth-order valence-corrected chi connectivity index (χ4v) is 3.27. The number of carboxylic acid groups (broad SMARTS) is 1. The van der Waals surface area contributed by atoms with Crippen LogP contribution in [0, 0.1) is 17.0 Å². The number of carbonyl (C=O) groups excluding carboxylic acids is 1. The highest BCUT2D eigenvalue weighted by molar-refractivity contribution is 6.33. The molecule has 1 heterocycles. The fourth-order valence-electron chi connectivity index (χ4n) is 2.97. The van der Waals surface area contributed by atoms with Crippen molar-refractivity contribution in [1.82, 2.24) is 0 Å². The summed E-state index contributed by atoms with van der Waals surface area (Å²) in [6.45, 7) is 1.73. The summed E-state index contributed by atoms with van der Waals surface area (Å²) in [6.07, 6.45) is 2.63. The molecule has 0 saturated heterocycles. The number of ether oxygens (including phenoxy) is 1. The van der Waals surface area contributed by atoms with Gasteiger partial charge in [-0.15, -0.1) is 0 Å². The quantitative estimate of drug-likeness (QED) is 0.284. The minimum absolute atomic E-state index is 0.0166. The Balaban J connectivity index is 1.77. The summed E-state index contributed by atoms with van der Waals surface area (Å²) >= 11 is 6.03. The molecule has 0 aliphatic heterocycles. The van der Waals surface area contributed by atoms with Gasteiger partial charge in [-0.2, -0.15) is 0 Å². The number of methoxy groups -OCH3 is 1. The van der Waals surface area contributed by atoms with Crippen molar-refractivity contribution in [3.05, 3.63) is 80.6 Å². The molecule has 0 radical (unpaired) electrons. The van der Waals surface area contributed by atoms with Crippen molar-refractivity contribution in [2.45, 2.75) is 6.92 Å². The zero-order valence-corrected chi connectivity index (χ0v) is 17.7. The predicted molar refractivity (Wildman–Crippen MR) is 118 cm³/mol. The maximum Gasteiger partial charge on any atom is 0.335 e. The number of nitro groups is 1. The number of benzene rings is 2. The third-order valence-corrected chi connectivity index (χ3v) is 4.75. The highest BCUT2D eigenvalue weighted by Gasteiger charge is 2.16. The highest BCUT2D eigenvalue weighted by Crippen LogP contribution is 2.34. The Hall–Kier alpha value is -4.11. The largest absolute Gasteiger partial charge is 0.493 e. The molecule has 32 heavy (non-hydrogen) atoms. The van der Waals surface area contributed by atoms with Gasteiger partial charge >= 0.3 is 5.97 Å². The second-order valence-electron chi connectivity index (χ2n) is 6.62. The van der Waals surface area contributed by atoms with Crippen LogP contribution in [0.1, 0.15) is 21.7 Å². The average Bonchev–Trinajstić information content (AvgIpc) is 3.20. The normalized spacial score (nSPS) is 10.8. The minimum atomic E-state index is -1.20. The average molecular weight is 457 g/mol. The maximum atomic E-state index is 12.3. The third-order valence-electron chi connectivity index (χ3n) is 4.46. The molecule has 0 spiro atoms. The van der Waals surface area contributed by atoms with E-state index >= 15 is 0 Å². The number of amides is 1. The van der Waals surface area contributed by atoms with E-state index < -0.39 is 16.8 Å². The molecule has 0 aliphatic carbocycles. The number of hydrogen-bond donors (Lipinski definition) is 2. The van der Waals surface area contributed by atoms with Gasteiger partial charge in [0.15, 0.2) is 5.75 Å². The van der Waals surface area contributed by atoms with Gasteiger partial charge in [0.05, 0.1) is 28.3 Å². The van der Waals surface area contributed by atoms with Crippen LogP contribution in [0.4, 0.5) is 11.4 Å². The molecule has 0 atom stereocenters. The monoisotopic (exact) mass is 456 g/mol. The Labute approximate surface area is 187 Å². The van der Waals surface area contributed by atoms with E-state index in [-0.39, 0.29) is 27.7 Å². The minimum Gasteiger partial charge on any atom is -0.493 e. The SMILES string of the molecule is COc1c(Cl)cc(C(=O)O)cc1NC(=O)/C=C/c1ccc(-c2ccc([N+](=O)[O-])cc2C)o1. The summed E-state index contributed by atoms with van der Waals surface area (Å²) in [5, 5.41) is 22.6. The van der Waals surface area contributed by atoms with Crippen molar-refractivity contribution in [1.29, 1.82) is 0 Å². The van der Waals surface area contributed by atoms with Crippen LogP contribution in [0.3, 0.4) is 0 Å². The number of furan rings is 1. The Morgan fingerprint density at radius 3 is 2.59 bits per heavy atom. The van der Waals surface area contributed by atoms with Crippen LogP contribution in [-0.2, 0) is 4.79 Å². The van der Waals surface area contributed by atoms with Crippen LogP contribution >= 0.6 is 11.6 Å². The summed E-state index contributed by atoms with van der Waals surface area (Å²) in [4.78, 5) is 34.0. The Morgan fingerprint density at radius 1 is 1.22 bits per heavy atom. The van der Waals surface area contributed by atoms with Crippen molar-refractivity contribution in [3.8, 4) is 17.1 Å². The van der Waals surface area contributed by atoms with Crippen LogP contribution in [0.15, 0.2) is 53.0 Å². The molecule has 0 fully saturated rings. The first-order valence-corrected chi connectivity index (χ1v) is 9.52. The number of aryl methyl sites for hydroxylation is 1. The lowest BCUT2D eigenvalue weighted by molar-refractivity contribution is -0.384. The van der Waals surface area contributed by atoms with Gasteiger partial charge in [0.25, 0.3) is 5.69 Å². The molecule has 9 nitrogen and oxygen atoms in total. The summed E-state index contributed by atoms with van der Waals surface area (Å²) < 4.78 is 10.8. The van der Waals surface area contributed by atoms with E-state index in [0.29, 0.717) is 22.6 Å². The second kappa shape index (κ2) is 9.36. The standard InChI is InChI=1S/C22H17ClN2O7/c1-12-9-14(25(29)30)3-6-16(12)19-7-4-15(32-19)5-8-20(26)24-18-11-13(22(27)28)10-17(23)21(18)31-2/h3-11H,1-2H3,(H,24,26)(H,27,28)/b8-5+. The first kappa shape index (κ1) is 22.6. The molecule has 3 rings (SSSR count). The van der Waals surface area contributed by atoms with E-state index in [4.69, 9.17) is 25.9 Å². The van der Waals surface area contributed by atoms with Gasteiger partial charge in [-0.05, 0) is 48.9 Å². The van der Waals surface area contributed by atoms with Gasteiger partial charge in [-0.3, -0.25) is 14.9 Å². The number of rotatable bonds is 7. The number of nitrogens with zero attached hydrogens (tertiary/aromatic N) is 1. The first-order chi connectivity index (χ1) is 15.2. The van der Waals surface area contributed by atoms with Crippen molar-refractivity contribution in [2.24, 2.45) is 0 Å². The summed E-state index contributed by atoms with van der Waals surface area (Å²) in [6, 6.07) is 10.2. The van der Waals surface area contributed by atoms with Crippen molar-refractivity contribution in [2.75, 3.05) is 12.4 Å². The number of nitrogens with one attached hydrogen (secondary N) is 1. The number of carboxylic acids is 1. The summed E-state index contributed by atoms with van der Waals surface area (Å²) in [7, 11) is 1.34. The second-order valence-corrected chi connectivity index (χ2v) is 7.03. The Bertz CT molecular complexity index is 1250. The molecule has 10 heteroatoms. The number of nitro benzene ring substituents is 1. The molecule has 2 aromatic carbocycles. The van der Waals surface area contributed by atoms with Crippen LogP contribution in [-0.4, -0.2) is 29.0 Å². The van der Waals surface area contributed by atoms with E-state index in [9.17, 15) is 19.7 Å². The van der Waals surface area contributed by atoms with Gasteiger partial charge in [-0.1, -0.05) is 11.6 Å². The number of halogens is 1. The fraction of sp³-hybridized carbons (Fsp3) is 0.0909. The zero-order valence-electron chi connectivity index (χ0n) is 16.9. The molecule has 1 amide bonds. The molecule has 2 N–H and O–H groups in total. The van der Waals surface area contributed by atoms with Crippen LogP contribution in [0.5, 0.6) is 5.75 Å². The molecule has 164 valence electrons. The van der Waals surface area contributed by atoms with E-state index in [1.165, 1.54) is 43.5 Å². The first-order valence-electron chi connectivity index (χ1n) is 9.14. The molecular formula is C22H17ClN2O7. The van der Waals surface area contributed by atoms with Crippen molar-refractivity contribution >= 4 is 40.9 Å². The van der Waals surface area contributed by atoms with E-state index in [2.05, 4.69) is 5.32 Å². The molecular weight excluding hydrogens is 440 g/mol.